The van der Waals surface area contributed by atoms with Crippen molar-refractivity contribution in [3.05, 3.63) is 0 Å². The molecule has 1 unspecified atom stereocenters. The summed E-state index contributed by atoms with van der Waals surface area (Å²) in [7, 11) is 0. The molecule has 4 nitrogen and oxygen atoms in total. The summed E-state index contributed by atoms with van der Waals surface area (Å²) in [5.41, 5.74) is 4.77. The van der Waals surface area contributed by atoms with Crippen molar-refractivity contribution in [1.29, 1.82) is 0 Å². The van der Waals surface area contributed by atoms with Gasteiger partial charge in [-0.3, -0.25) is 4.79 Å². The second kappa shape index (κ2) is 5.64. The number of primary amides is 1. The van der Waals surface area contributed by atoms with E-state index in [1.54, 1.807) is 0 Å². The lowest BCUT2D eigenvalue weighted by molar-refractivity contribution is -0.125. The van der Waals surface area contributed by atoms with Crippen molar-refractivity contribution in [2.24, 2.45) is 5.73 Å². The van der Waals surface area contributed by atoms with Gasteiger partial charge in [0, 0.05) is 12.6 Å². The van der Waals surface area contributed by atoms with Gasteiger partial charge in [-0.15, -0.1) is 0 Å². The minimum Gasteiger partial charge on any atom is -0.378 e. The number of hydrogen-bond acceptors (Lipinski definition) is 3. The molecule has 0 radical (unpaired) electrons. The van der Waals surface area contributed by atoms with Gasteiger partial charge >= 0.3 is 0 Å². The topological polar surface area (TPSA) is 64.3 Å². The Balaban J connectivity index is 2.33. The van der Waals surface area contributed by atoms with E-state index < -0.39 is 5.54 Å². The molecule has 0 saturated heterocycles. The molecule has 4 heteroatoms. The van der Waals surface area contributed by atoms with Crippen molar-refractivity contribution in [2.45, 2.75) is 64.1 Å². The van der Waals surface area contributed by atoms with Gasteiger partial charge in [0.15, 0.2) is 0 Å². The second-order valence-corrected chi connectivity index (χ2v) is 5.17. The highest BCUT2D eigenvalue weighted by Crippen LogP contribution is 2.22. The van der Waals surface area contributed by atoms with Crippen molar-refractivity contribution in [3.8, 4) is 0 Å². The molecule has 1 rings (SSSR count). The minimum atomic E-state index is -0.655. The normalized spacial score (nSPS) is 20.5. The average Bonchev–Trinajstić information content (AvgIpc) is 2.08. The molecule has 3 N–H and O–H groups in total. The second-order valence-electron chi connectivity index (χ2n) is 5.17. The third-order valence-electron chi connectivity index (χ3n) is 3.16. The van der Waals surface area contributed by atoms with Crippen molar-refractivity contribution in [2.75, 3.05) is 6.61 Å². The molecule has 1 aliphatic carbocycles. The van der Waals surface area contributed by atoms with Crippen LogP contribution >= 0.6 is 0 Å². The van der Waals surface area contributed by atoms with Crippen molar-refractivity contribution >= 4 is 5.91 Å². The van der Waals surface area contributed by atoms with Crippen LogP contribution in [0.15, 0.2) is 0 Å². The first kappa shape index (κ1) is 13.5. The monoisotopic (exact) mass is 228 g/mol. The van der Waals surface area contributed by atoms with Crippen LogP contribution in [0, 0.1) is 0 Å². The lowest BCUT2D eigenvalue weighted by atomic mass is 9.94. The van der Waals surface area contributed by atoms with Crippen molar-refractivity contribution in [1.82, 2.24) is 5.32 Å². The lowest BCUT2D eigenvalue weighted by Gasteiger charge is -2.32. The van der Waals surface area contributed by atoms with E-state index in [0.717, 1.165) is 12.8 Å². The van der Waals surface area contributed by atoms with Crippen LogP contribution in [0.2, 0.25) is 0 Å². The number of amides is 1. The predicted octanol–water partition coefficient (Wildman–Crippen LogP) is 1.19. The molecular formula is C12H24N2O2. The van der Waals surface area contributed by atoms with Crippen LogP contribution in [-0.4, -0.2) is 30.2 Å². The van der Waals surface area contributed by atoms with Gasteiger partial charge in [0.1, 0.15) is 0 Å². The van der Waals surface area contributed by atoms with Crippen LogP contribution in [0.5, 0.6) is 0 Å². The van der Waals surface area contributed by atoms with E-state index in [9.17, 15) is 4.79 Å². The van der Waals surface area contributed by atoms with E-state index in [0.29, 0.717) is 19.1 Å². The summed E-state index contributed by atoms with van der Waals surface area (Å²) < 4.78 is 5.66. The molecule has 1 fully saturated rings. The molecule has 94 valence electrons. The number of ether oxygens (including phenoxy) is 1. The minimum absolute atomic E-state index is 0.237. The van der Waals surface area contributed by atoms with Gasteiger partial charge in [0.2, 0.25) is 5.91 Å². The molecule has 0 aromatic heterocycles. The van der Waals surface area contributed by atoms with Gasteiger partial charge in [-0.25, -0.2) is 0 Å². The summed E-state index contributed by atoms with van der Waals surface area (Å²) in [5.74, 6) is -0.307. The summed E-state index contributed by atoms with van der Waals surface area (Å²) in [6.45, 7) is 6.46. The van der Waals surface area contributed by atoms with E-state index in [1.807, 2.05) is 20.8 Å². The fraction of sp³-hybridized carbons (Fsp3) is 0.917. The SMILES string of the molecule is CC(C)NC(C)(CCOC1CCC1)C(N)=O. The maximum atomic E-state index is 11.4. The highest BCUT2D eigenvalue weighted by atomic mass is 16.5. The van der Waals surface area contributed by atoms with E-state index in [1.165, 1.54) is 6.42 Å². The number of carbonyl (C=O) groups excluding carboxylic acids is 1. The maximum absolute atomic E-state index is 11.4. The molecule has 1 saturated carbocycles. The van der Waals surface area contributed by atoms with Crippen LogP contribution in [0.25, 0.3) is 0 Å². The first-order valence-corrected chi connectivity index (χ1v) is 6.13. The Labute approximate surface area is 97.9 Å². The Hall–Kier alpha value is -0.610. The number of rotatable bonds is 7. The first-order valence-electron chi connectivity index (χ1n) is 6.13. The predicted molar refractivity (Wildman–Crippen MR) is 64.1 cm³/mol. The van der Waals surface area contributed by atoms with Crippen LogP contribution in [0.1, 0.15) is 46.5 Å². The van der Waals surface area contributed by atoms with Gasteiger partial charge in [0.25, 0.3) is 0 Å². The van der Waals surface area contributed by atoms with Gasteiger partial charge in [-0.1, -0.05) is 0 Å². The lowest BCUT2D eigenvalue weighted by Crippen LogP contribution is -2.56. The van der Waals surface area contributed by atoms with Gasteiger partial charge in [-0.05, 0) is 46.5 Å². The van der Waals surface area contributed by atoms with Crippen molar-refractivity contribution < 1.29 is 9.53 Å². The molecule has 0 aromatic rings. The molecule has 0 bridgehead atoms. The molecule has 1 amide bonds. The van der Waals surface area contributed by atoms with Gasteiger partial charge in [-0.2, -0.15) is 0 Å². The zero-order valence-corrected chi connectivity index (χ0v) is 10.6. The highest BCUT2D eigenvalue weighted by molar-refractivity contribution is 5.84. The standard InChI is InChI=1S/C12H24N2O2/c1-9(2)14-12(3,11(13)15)7-8-16-10-5-4-6-10/h9-10,14H,4-8H2,1-3H3,(H2,13,15). The Morgan fingerprint density at radius 3 is 2.56 bits per heavy atom. The molecule has 0 aromatic carbocycles. The number of hydrogen-bond donors (Lipinski definition) is 2. The molecule has 0 aliphatic heterocycles. The quantitative estimate of drug-likeness (QED) is 0.688. The number of carbonyl (C=O) groups is 1. The Morgan fingerprint density at radius 1 is 1.56 bits per heavy atom. The molecule has 16 heavy (non-hydrogen) atoms. The van der Waals surface area contributed by atoms with Crippen LogP contribution in [0.3, 0.4) is 0 Å². The molecule has 0 spiro atoms. The molecular weight excluding hydrogens is 204 g/mol. The smallest absolute Gasteiger partial charge is 0.237 e. The number of nitrogens with one attached hydrogen (secondary N) is 1. The van der Waals surface area contributed by atoms with Crippen LogP contribution < -0.4 is 11.1 Å². The first-order chi connectivity index (χ1) is 7.44. The van der Waals surface area contributed by atoms with E-state index in [2.05, 4.69) is 5.32 Å². The maximum Gasteiger partial charge on any atom is 0.237 e. The number of nitrogens with two attached hydrogens (primary N) is 1. The van der Waals surface area contributed by atoms with Gasteiger partial charge < -0.3 is 15.8 Å². The Kier molecular flexibility index (Phi) is 4.74. The van der Waals surface area contributed by atoms with Crippen LogP contribution in [-0.2, 0) is 9.53 Å². The third kappa shape index (κ3) is 3.76. The highest BCUT2D eigenvalue weighted by Gasteiger charge is 2.31. The zero-order valence-electron chi connectivity index (χ0n) is 10.6. The third-order valence-corrected chi connectivity index (χ3v) is 3.16. The van der Waals surface area contributed by atoms with Gasteiger partial charge in [0.05, 0.1) is 11.6 Å². The van der Waals surface area contributed by atoms with E-state index in [4.69, 9.17) is 10.5 Å². The molecule has 1 aliphatic rings. The average molecular weight is 228 g/mol. The Morgan fingerprint density at radius 2 is 2.19 bits per heavy atom. The summed E-state index contributed by atoms with van der Waals surface area (Å²) in [6.07, 6.45) is 4.63. The fourth-order valence-corrected chi connectivity index (χ4v) is 1.87. The molecule has 1 atom stereocenters. The van der Waals surface area contributed by atoms with E-state index >= 15 is 0 Å². The summed E-state index contributed by atoms with van der Waals surface area (Å²) in [4.78, 5) is 11.4. The van der Waals surface area contributed by atoms with Crippen LogP contribution in [0.4, 0.5) is 0 Å². The summed E-state index contributed by atoms with van der Waals surface area (Å²) in [6, 6.07) is 0.237. The van der Waals surface area contributed by atoms with E-state index in [-0.39, 0.29) is 11.9 Å². The summed E-state index contributed by atoms with van der Waals surface area (Å²) in [5, 5.41) is 3.21. The molecule has 0 heterocycles. The summed E-state index contributed by atoms with van der Waals surface area (Å²) >= 11 is 0. The Bertz CT molecular complexity index is 239. The van der Waals surface area contributed by atoms with Crippen molar-refractivity contribution in [3.63, 3.8) is 0 Å². The fourth-order valence-electron chi connectivity index (χ4n) is 1.87. The largest absolute Gasteiger partial charge is 0.378 e. The zero-order chi connectivity index (χ0) is 12.2.